The fourth-order valence-electron chi connectivity index (χ4n) is 4.17. The minimum atomic E-state index is -0.196. The number of amides is 2. The van der Waals surface area contributed by atoms with Gasteiger partial charge in [0.05, 0.1) is 23.1 Å². The van der Waals surface area contributed by atoms with Crippen LogP contribution in [-0.2, 0) is 4.79 Å². The second kappa shape index (κ2) is 7.18. The Morgan fingerprint density at radius 1 is 1.36 bits per heavy atom. The molecule has 150 valence electrons. The first-order chi connectivity index (χ1) is 13.3. The molecule has 0 aromatic carbocycles. The summed E-state index contributed by atoms with van der Waals surface area (Å²) in [5, 5.41) is 11.2. The predicted molar refractivity (Wildman–Crippen MR) is 107 cm³/mol. The maximum absolute atomic E-state index is 13.0. The van der Waals surface area contributed by atoms with E-state index in [9.17, 15) is 9.59 Å². The molecule has 1 saturated heterocycles. The van der Waals surface area contributed by atoms with Crippen molar-refractivity contribution >= 4 is 22.8 Å². The average Bonchev–Trinajstić information content (AvgIpc) is 3.38. The minimum absolute atomic E-state index is 0.0257. The van der Waals surface area contributed by atoms with Gasteiger partial charge in [0, 0.05) is 30.2 Å². The highest BCUT2D eigenvalue weighted by Gasteiger charge is 2.33. The van der Waals surface area contributed by atoms with Crippen LogP contribution >= 0.6 is 0 Å². The predicted octanol–water partition coefficient (Wildman–Crippen LogP) is 2.78. The number of piperidine rings is 1. The summed E-state index contributed by atoms with van der Waals surface area (Å²) < 4.78 is 1.87. The zero-order chi connectivity index (χ0) is 20.0. The second-order valence-electron chi connectivity index (χ2n) is 8.73. The van der Waals surface area contributed by atoms with Crippen molar-refractivity contribution in [2.75, 3.05) is 6.54 Å². The number of hydrogen-bond acceptors (Lipinski definition) is 4. The van der Waals surface area contributed by atoms with Crippen LogP contribution < -0.4 is 10.6 Å². The average molecular weight is 383 g/mol. The van der Waals surface area contributed by atoms with Gasteiger partial charge in [-0.3, -0.25) is 9.59 Å². The van der Waals surface area contributed by atoms with E-state index < -0.39 is 0 Å². The highest BCUT2D eigenvalue weighted by atomic mass is 16.2. The Bertz CT molecular complexity index is 915. The molecule has 1 aliphatic heterocycles. The lowest BCUT2D eigenvalue weighted by Gasteiger charge is -2.32. The first kappa shape index (κ1) is 18.9. The van der Waals surface area contributed by atoms with E-state index in [1.807, 2.05) is 17.7 Å². The molecule has 1 aliphatic carbocycles. The van der Waals surface area contributed by atoms with Gasteiger partial charge in [-0.2, -0.15) is 5.10 Å². The van der Waals surface area contributed by atoms with Gasteiger partial charge in [0.2, 0.25) is 5.91 Å². The molecular formula is C21H29N5O2. The number of carbonyl (C=O) groups is 2. The van der Waals surface area contributed by atoms with E-state index in [0.29, 0.717) is 18.0 Å². The number of rotatable bonds is 5. The number of pyridine rings is 1. The zero-order valence-electron chi connectivity index (χ0n) is 17.0. The normalized spacial score (nSPS) is 25.2. The minimum Gasteiger partial charge on any atom is -0.353 e. The van der Waals surface area contributed by atoms with E-state index in [0.717, 1.165) is 36.0 Å². The highest BCUT2D eigenvalue weighted by molar-refractivity contribution is 6.05. The maximum atomic E-state index is 13.0. The Balaban J connectivity index is 1.59. The molecule has 1 saturated carbocycles. The van der Waals surface area contributed by atoms with Crippen molar-refractivity contribution in [2.45, 2.75) is 65.0 Å². The van der Waals surface area contributed by atoms with E-state index in [1.54, 1.807) is 6.20 Å². The van der Waals surface area contributed by atoms with Gasteiger partial charge in [-0.15, -0.1) is 0 Å². The molecular weight excluding hydrogens is 354 g/mol. The summed E-state index contributed by atoms with van der Waals surface area (Å²) in [5.41, 5.74) is 2.34. The molecule has 28 heavy (non-hydrogen) atoms. The van der Waals surface area contributed by atoms with Crippen LogP contribution in [0.3, 0.4) is 0 Å². The van der Waals surface area contributed by atoms with E-state index in [4.69, 9.17) is 4.98 Å². The van der Waals surface area contributed by atoms with E-state index in [-0.39, 0.29) is 35.7 Å². The van der Waals surface area contributed by atoms with Crippen molar-refractivity contribution in [3.05, 3.63) is 23.5 Å². The van der Waals surface area contributed by atoms with Crippen LogP contribution in [-0.4, -0.2) is 39.2 Å². The van der Waals surface area contributed by atoms with Crippen LogP contribution in [0.5, 0.6) is 0 Å². The van der Waals surface area contributed by atoms with E-state index >= 15 is 0 Å². The maximum Gasteiger partial charge on any atom is 0.252 e. The largest absolute Gasteiger partial charge is 0.353 e. The second-order valence-corrected chi connectivity index (χ2v) is 8.73. The number of fused-ring (bicyclic) bond motifs is 1. The molecule has 7 nitrogen and oxygen atoms in total. The Morgan fingerprint density at radius 3 is 2.75 bits per heavy atom. The van der Waals surface area contributed by atoms with Crippen molar-refractivity contribution in [2.24, 2.45) is 11.8 Å². The molecule has 0 bridgehead atoms. The van der Waals surface area contributed by atoms with Crippen LogP contribution in [0.1, 0.15) is 75.0 Å². The third-order valence-electron chi connectivity index (χ3n) is 5.94. The number of carbonyl (C=O) groups excluding carboxylic acids is 2. The number of aromatic nitrogens is 3. The zero-order valence-corrected chi connectivity index (χ0v) is 17.0. The molecule has 2 aromatic rings. The lowest BCUT2D eigenvalue weighted by Crippen LogP contribution is -2.50. The Hall–Kier alpha value is -2.44. The van der Waals surface area contributed by atoms with E-state index in [2.05, 4.69) is 36.5 Å². The Kier molecular flexibility index (Phi) is 4.85. The fraction of sp³-hybridized carbons (Fsp3) is 0.619. The molecule has 2 amide bonds. The van der Waals surface area contributed by atoms with Crippen LogP contribution in [0.15, 0.2) is 12.3 Å². The molecule has 2 fully saturated rings. The van der Waals surface area contributed by atoms with Gasteiger partial charge in [0.1, 0.15) is 0 Å². The summed E-state index contributed by atoms with van der Waals surface area (Å²) in [7, 11) is 0. The lowest BCUT2D eigenvalue weighted by atomic mass is 9.84. The monoisotopic (exact) mass is 383 g/mol. The summed E-state index contributed by atoms with van der Waals surface area (Å²) in [6.45, 7) is 8.56. The van der Waals surface area contributed by atoms with Gasteiger partial charge >= 0.3 is 0 Å². The van der Waals surface area contributed by atoms with Crippen molar-refractivity contribution in [1.82, 2.24) is 25.4 Å². The number of nitrogens with zero attached hydrogens (tertiary/aromatic N) is 3. The quantitative estimate of drug-likeness (QED) is 0.831. The SMILES string of the molecule is CC1CC(C)C(CNC(=O)c2cc(C3CC3)nc3c2cnn3C(C)C)C(=O)N1. The summed E-state index contributed by atoms with van der Waals surface area (Å²) >= 11 is 0. The van der Waals surface area contributed by atoms with Crippen LogP contribution in [0, 0.1) is 11.8 Å². The first-order valence-corrected chi connectivity index (χ1v) is 10.3. The molecule has 0 spiro atoms. The van der Waals surface area contributed by atoms with Crippen LogP contribution in [0.25, 0.3) is 11.0 Å². The van der Waals surface area contributed by atoms with Gasteiger partial charge in [-0.25, -0.2) is 9.67 Å². The van der Waals surface area contributed by atoms with Crippen molar-refractivity contribution in [3.8, 4) is 0 Å². The summed E-state index contributed by atoms with van der Waals surface area (Å²) in [5.74, 6) is 0.358. The standard InChI is InChI=1S/C21H29N5O2/c1-11(2)26-19-17(10-23-26)15(8-18(25-19)14-5-6-14)20(27)22-9-16-12(3)7-13(4)24-21(16)28/h8,10-14,16H,5-7,9H2,1-4H3,(H,22,27)(H,24,28). The Morgan fingerprint density at radius 2 is 2.11 bits per heavy atom. The van der Waals surface area contributed by atoms with Crippen molar-refractivity contribution in [3.63, 3.8) is 0 Å². The van der Waals surface area contributed by atoms with Crippen molar-refractivity contribution < 1.29 is 9.59 Å². The molecule has 7 heteroatoms. The number of nitrogens with one attached hydrogen (secondary N) is 2. The van der Waals surface area contributed by atoms with E-state index in [1.165, 1.54) is 0 Å². The molecule has 3 heterocycles. The van der Waals surface area contributed by atoms with Crippen LogP contribution in [0.4, 0.5) is 0 Å². The summed E-state index contributed by atoms with van der Waals surface area (Å²) in [6, 6.07) is 2.27. The molecule has 0 radical (unpaired) electrons. The van der Waals surface area contributed by atoms with Crippen LogP contribution in [0.2, 0.25) is 0 Å². The highest BCUT2D eigenvalue weighted by Crippen LogP contribution is 2.40. The van der Waals surface area contributed by atoms with Crippen molar-refractivity contribution in [1.29, 1.82) is 0 Å². The van der Waals surface area contributed by atoms with Gasteiger partial charge in [-0.05, 0) is 52.0 Å². The molecule has 2 aliphatic rings. The number of hydrogen-bond donors (Lipinski definition) is 2. The fourth-order valence-corrected chi connectivity index (χ4v) is 4.17. The lowest BCUT2D eigenvalue weighted by molar-refractivity contribution is -0.129. The van der Waals surface area contributed by atoms with Gasteiger partial charge in [0.25, 0.3) is 5.91 Å². The smallest absolute Gasteiger partial charge is 0.252 e. The molecule has 3 atom stereocenters. The molecule has 3 unspecified atom stereocenters. The third-order valence-corrected chi connectivity index (χ3v) is 5.94. The molecule has 4 rings (SSSR count). The third kappa shape index (κ3) is 3.50. The van der Waals surface area contributed by atoms with Gasteiger partial charge < -0.3 is 10.6 Å². The Labute approximate surface area is 165 Å². The summed E-state index contributed by atoms with van der Waals surface area (Å²) in [6.07, 6.45) is 4.89. The van der Waals surface area contributed by atoms with Gasteiger partial charge in [0.15, 0.2) is 5.65 Å². The molecule has 2 N–H and O–H groups in total. The summed E-state index contributed by atoms with van der Waals surface area (Å²) in [4.78, 5) is 30.2. The first-order valence-electron chi connectivity index (χ1n) is 10.3. The topological polar surface area (TPSA) is 88.9 Å². The van der Waals surface area contributed by atoms with Gasteiger partial charge in [-0.1, -0.05) is 6.92 Å². The molecule has 2 aromatic heterocycles.